The zero-order valence-corrected chi connectivity index (χ0v) is 7.34. The van der Waals surface area contributed by atoms with E-state index < -0.39 is 0 Å². The van der Waals surface area contributed by atoms with Crippen LogP contribution in [0.1, 0.15) is 30.9 Å². The molecule has 0 amide bonds. The lowest BCUT2D eigenvalue weighted by atomic mass is 10.1. The largest absolute Gasteiger partial charge is 0.285 e. The third kappa shape index (κ3) is 2.50. The van der Waals surface area contributed by atoms with Crippen LogP contribution in [-0.4, -0.2) is 6.29 Å². The number of hydrogen-bond donors (Lipinski definition) is 0. The Bertz CT molecular complexity index is 253. The summed E-state index contributed by atoms with van der Waals surface area (Å²) in [6.07, 6.45) is 5.33. The highest BCUT2D eigenvalue weighted by Gasteiger charge is 1.94. The Morgan fingerprint density at radius 3 is 2.92 bits per heavy atom. The minimum atomic E-state index is 0.656. The van der Waals surface area contributed by atoms with Crippen molar-refractivity contribution < 1.29 is 4.79 Å². The van der Waals surface area contributed by atoms with Gasteiger partial charge in [0.1, 0.15) is 0 Å². The molecule has 12 heavy (non-hydrogen) atoms. The average molecular weight is 161 g/mol. The van der Waals surface area contributed by atoms with Crippen molar-refractivity contribution in [1.82, 2.24) is 0 Å². The second-order valence-corrected chi connectivity index (χ2v) is 2.91. The molecule has 0 atom stereocenters. The molecule has 0 saturated carbocycles. The molecule has 0 aliphatic rings. The number of rotatable bonds is 4. The second-order valence-electron chi connectivity index (χ2n) is 2.91. The molecule has 0 saturated heterocycles. The van der Waals surface area contributed by atoms with Crippen LogP contribution in [0.4, 0.5) is 0 Å². The lowest BCUT2D eigenvalue weighted by Gasteiger charge is -1.98. The van der Waals surface area contributed by atoms with E-state index in [-0.39, 0.29) is 0 Å². The summed E-state index contributed by atoms with van der Waals surface area (Å²) in [5.74, 6) is 0. The van der Waals surface area contributed by atoms with Crippen molar-refractivity contribution in [3.05, 3.63) is 35.4 Å². The van der Waals surface area contributed by atoms with Crippen LogP contribution in [0.2, 0.25) is 0 Å². The molecule has 0 unspecified atom stereocenters. The van der Waals surface area contributed by atoms with Gasteiger partial charge in [-0.25, -0.2) is 0 Å². The van der Waals surface area contributed by atoms with Gasteiger partial charge in [0.05, 0.1) is 0 Å². The topological polar surface area (TPSA) is 17.1 Å². The lowest BCUT2D eigenvalue weighted by Crippen LogP contribution is -1.87. The molecular weight excluding hydrogens is 148 g/mol. The van der Waals surface area contributed by atoms with E-state index in [0.717, 1.165) is 6.42 Å². The van der Waals surface area contributed by atoms with Gasteiger partial charge in [-0.05, 0) is 24.5 Å². The fourth-order valence-corrected chi connectivity index (χ4v) is 1.17. The van der Waals surface area contributed by atoms with Crippen LogP contribution in [0, 0.1) is 0 Å². The maximum absolute atomic E-state index is 10.3. The van der Waals surface area contributed by atoms with Crippen LogP contribution in [-0.2, 0) is 11.2 Å². The van der Waals surface area contributed by atoms with E-state index >= 15 is 0 Å². The quantitative estimate of drug-likeness (QED) is 0.663. The molecule has 0 aliphatic carbocycles. The molecule has 1 heteroatoms. The zero-order valence-electron chi connectivity index (χ0n) is 7.34. The molecule has 0 fully saturated rings. The first kappa shape index (κ1) is 8.98. The normalized spacial score (nSPS) is 9.75. The molecule has 1 nitrogen and oxygen atoms in total. The molecule has 0 heterocycles. The van der Waals surface area contributed by atoms with Gasteiger partial charge in [0.2, 0.25) is 6.29 Å². The monoisotopic (exact) mass is 161 g/mol. The van der Waals surface area contributed by atoms with Gasteiger partial charge in [-0.2, -0.15) is 0 Å². The van der Waals surface area contributed by atoms with Crippen LogP contribution >= 0.6 is 0 Å². The Morgan fingerprint density at radius 2 is 2.25 bits per heavy atom. The van der Waals surface area contributed by atoms with Crippen LogP contribution in [0.15, 0.2) is 24.3 Å². The highest BCUT2D eigenvalue weighted by molar-refractivity contribution is 5.75. The van der Waals surface area contributed by atoms with Gasteiger partial charge in [-0.15, -0.1) is 0 Å². The number of carbonyl (C=O) groups excluding carboxylic acids is 1. The highest BCUT2D eigenvalue weighted by atomic mass is 16.1. The number of unbranched alkanes of at least 4 members (excludes halogenated alkanes) is 1. The number of benzene rings is 1. The van der Waals surface area contributed by atoms with Gasteiger partial charge < -0.3 is 0 Å². The smallest absolute Gasteiger partial charge is 0.233 e. The van der Waals surface area contributed by atoms with E-state index in [0.29, 0.717) is 5.56 Å². The fraction of sp³-hybridized carbons (Fsp3) is 0.364. The van der Waals surface area contributed by atoms with E-state index in [1.807, 2.05) is 18.4 Å². The molecule has 0 aromatic heterocycles. The van der Waals surface area contributed by atoms with E-state index in [1.165, 1.54) is 18.4 Å². The molecule has 0 aliphatic heterocycles. The predicted octanol–water partition coefficient (Wildman–Crippen LogP) is 2.49. The summed E-state index contributed by atoms with van der Waals surface area (Å²) in [6.45, 7) is 2.16. The Hall–Kier alpha value is -1.11. The third-order valence-electron chi connectivity index (χ3n) is 1.86. The van der Waals surface area contributed by atoms with Gasteiger partial charge in [-0.3, -0.25) is 4.79 Å². The van der Waals surface area contributed by atoms with Crippen molar-refractivity contribution in [3.8, 4) is 0 Å². The molecule has 0 spiro atoms. The first-order chi connectivity index (χ1) is 5.86. The molecule has 1 radical (unpaired) electrons. The maximum Gasteiger partial charge on any atom is 0.233 e. The number of hydrogen-bond acceptors (Lipinski definition) is 1. The minimum absolute atomic E-state index is 0.656. The van der Waals surface area contributed by atoms with Gasteiger partial charge in [-0.1, -0.05) is 31.5 Å². The van der Waals surface area contributed by atoms with Crippen LogP contribution in [0.25, 0.3) is 0 Å². The summed E-state index contributed by atoms with van der Waals surface area (Å²) >= 11 is 0. The van der Waals surface area contributed by atoms with Crippen molar-refractivity contribution in [2.24, 2.45) is 0 Å². The highest BCUT2D eigenvalue weighted by Crippen LogP contribution is 2.06. The predicted molar refractivity (Wildman–Crippen MR) is 49.8 cm³/mol. The Morgan fingerprint density at radius 1 is 1.42 bits per heavy atom. The SMILES string of the molecule is CCCCc1cccc([C]=O)c1. The standard InChI is InChI=1S/C11H13O/c1-2-3-5-10-6-4-7-11(8-10)9-12/h4,6-8H,2-3,5H2,1H3. The Labute approximate surface area is 73.4 Å². The minimum Gasteiger partial charge on any atom is -0.285 e. The van der Waals surface area contributed by atoms with Gasteiger partial charge >= 0.3 is 0 Å². The van der Waals surface area contributed by atoms with Crippen LogP contribution in [0.5, 0.6) is 0 Å². The van der Waals surface area contributed by atoms with E-state index in [4.69, 9.17) is 0 Å². The van der Waals surface area contributed by atoms with Crippen molar-refractivity contribution in [2.45, 2.75) is 26.2 Å². The van der Waals surface area contributed by atoms with Crippen molar-refractivity contribution in [3.63, 3.8) is 0 Å². The zero-order chi connectivity index (χ0) is 8.81. The van der Waals surface area contributed by atoms with Gasteiger partial charge in [0.25, 0.3) is 0 Å². The Balaban J connectivity index is 2.66. The summed E-state index contributed by atoms with van der Waals surface area (Å²) in [6, 6.07) is 7.65. The molecule has 63 valence electrons. The van der Waals surface area contributed by atoms with Gasteiger partial charge in [0, 0.05) is 5.56 Å². The molecule has 0 N–H and O–H groups in total. The molecule has 0 bridgehead atoms. The molecule has 1 aromatic carbocycles. The summed E-state index contributed by atoms with van der Waals surface area (Å²) < 4.78 is 0. The van der Waals surface area contributed by atoms with E-state index in [9.17, 15) is 4.79 Å². The summed E-state index contributed by atoms with van der Waals surface area (Å²) in [4.78, 5) is 10.3. The Kier molecular flexibility index (Phi) is 3.52. The van der Waals surface area contributed by atoms with Crippen molar-refractivity contribution >= 4 is 6.29 Å². The third-order valence-corrected chi connectivity index (χ3v) is 1.86. The fourth-order valence-electron chi connectivity index (χ4n) is 1.17. The van der Waals surface area contributed by atoms with Crippen LogP contribution in [0.3, 0.4) is 0 Å². The number of aryl methyl sites for hydroxylation is 1. The summed E-state index contributed by atoms with van der Waals surface area (Å²) in [7, 11) is 0. The first-order valence-corrected chi connectivity index (χ1v) is 4.34. The van der Waals surface area contributed by atoms with Crippen LogP contribution < -0.4 is 0 Å². The maximum atomic E-state index is 10.3. The molecule has 1 rings (SSSR count). The molecular formula is C11H13O. The molecule has 1 aromatic rings. The average Bonchev–Trinajstić information content (AvgIpc) is 2.15. The van der Waals surface area contributed by atoms with Crippen molar-refractivity contribution in [1.29, 1.82) is 0 Å². The van der Waals surface area contributed by atoms with Gasteiger partial charge in [0.15, 0.2) is 0 Å². The summed E-state index contributed by atoms with van der Waals surface area (Å²) in [5.41, 5.74) is 1.89. The summed E-state index contributed by atoms with van der Waals surface area (Å²) in [5, 5.41) is 0. The van der Waals surface area contributed by atoms with Crippen molar-refractivity contribution in [2.75, 3.05) is 0 Å². The lowest BCUT2D eigenvalue weighted by molar-refractivity contribution is 0.562. The van der Waals surface area contributed by atoms with E-state index in [2.05, 4.69) is 13.0 Å². The second kappa shape index (κ2) is 4.70. The first-order valence-electron chi connectivity index (χ1n) is 4.34. The van der Waals surface area contributed by atoms with E-state index in [1.54, 1.807) is 6.07 Å².